The Morgan fingerprint density at radius 3 is 2.42 bits per heavy atom. The van der Waals surface area contributed by atoms with Gasteiger partial charge in [-0.1, -0.05) is 98.3 Å². The minimum atomic E-state index is -0.728. The molecule has 2 atom stereocenters. The Balaban J connectivity index is 1.46. The number of nitrogens with one attached hydrogen (secondary N) is 3. The van der Waals surface area contributed by atoms with E-state index in [4.69, 9.17) is 0 Å². The van der Waals surface area contributed by atoms with Crippen molar-refractivity contribution in [2.24, 2.45) is 5.92 Å². The van der Waals surface area contributed by atoms with Crippen LogP contribution in [0.3, 0.4) is 0 Å². The van der Waals surface area contributed by atoms with Crippen molar-refractivity contribution >= 4 is 44.9 Å². The van der Waals surface area contributed by atoms with Gasteiger partial charge in [-0.2, -0.15) is 0 Å². The molecule has 0 saturated heterocycles. The first-order valence-electron chi connectivity index (χ1n) is 10.8. The van der Waals surface area contributed by atoms with Crippen LogP contribution in [0, 0.1) is 5.92 Å². The average Bonchev–Trinajstić information content (AvgIpc) is 3.31. The van der Waals surface area contributed by atoms with Crippen LogP contribution in [-0.2, 0) is 4.79 Å². The molecule has 7 nitrogen and oxygen atoms in total. The number of carbonyl (C=O) groups excluding carboxylic acids is 2. The Bertz CT molecular complexity index is 1250. The van der Waals surface area contributed by atoms with Crippen molar-refractivity contribution in [1.82, 2.24) is 15.5 Å². The van der Waals surface area contributed by atoms with E-state index in [1.807, 2.05) is 86.6 Å². The molecule has 3 N–H and O–H groups in total. The highest BCUT2D eigenvalue weighted by Crippen LogP contribution is 2.26. The Kier molecular flexibility index (Phi) is 6.95. The molecule has 0 bridgehead atoms. The number of benzene rings is 3. The largest absolute Gasteiger partial charge is 0.326 e. The quantitative estimate of drug-likeness (QED) is 0.338. The third kappa shape index (κ3) is 5.35. The lowest BCUT2D eigenvalue weighted by Crippen LogP contribution is -2.49. The summed E-state index contributed by atoms with van der Waals surface area (Å²) in [5.41, 5.74) is 1.62. The summed E-state index contributed by atoms with van der Waals surface area (Å²) in [5.74, 6) is -0.405. The molecule has 2 unspecified atom stereocenters. The molecule has 168 valence electrons. The number of rotatable bonds is 7. The highest BCUT2D eigenvalue weighted by molar-refractivity contribution is 7.18. The predicted octanol–water partition coefficient (Wildman–Crippen LogP) is 5.53. The van der Waals surface area contributed by atoms with Crippen LogP contribution < -0.4 is 16.0 Å². The topological polar surface area (TPSA) is 96.0 Å². The first kappa shape index (κ1) is 22.4. The molecule has 4 rings (SSSR count). The zero-order valence-electron chi connectivity index (χ0n) is 18.4. The predicted molar refractivity (Wildman–Crippen MR) is 133 cm³/mol. The lowest BCUT2D eigenvalue weighted by Gasteiger charge is -2.23. The van der Waals surface area contributed by atoms with Crippen molar-refractivity contribution in [1.29, 1.82) is 0 Å². The molecule has 1 heterocycles. The Morgan fingerprint density at radius 1 is 0.909 bits per heavy atom. The van der Waals surface area contributed by atoms with Crippen LogP contribution in [0.1, 0.15) is 20.3 Å². The first-order chi connectivity index (χ1) is 16.0. The maximum Gasteiger partial charge on any atom is 0.319 e. The van der Waals surface area contributed by atoms with Crippen LogP contribution in [0.15, 0.2) is 72.8 Å². The van der Waals surface area contributed by atoms with Gasteiger partial charge in [-0.25, -0.2) is 4.79 Å². The second kappa shape index (κ2) is 10.2. The van der Waals surface area contributed by atoms with Gasteiger partial charge in [-0.05, 0) is 17.4 Å². The van der Waals surface area contributed by atoms with Crippen molar-refractivity contribution in [2.75, 3.05) is 10.6 Å². The molecule has 0 aliphatic carbocycles. The van der Waals surface area contributed by atoms with Gasteiger partial charge in [0.1, 0.15) is 11.0 Å². The zero-order chi connectivity index (χ0) is 23.2. The molecule has 0 aliphatic rings. The number of hydrogen-bond donors (Lipinski definition) is 3. The number of aromatic nitrogens is 2. The molecule has 1 aromatic heterocycles. The van der Waals surface area contributed by atoms with Crippen molar-refractivity contribution in [3.05, 3.63) is 72.8 Å². The first-order valence-corrected chi connectivity index (χ1v) is 11.6. The monoisotopic (exact) mass is 459 g/mol. The number of carbonyl (C=O) groups is 2. The van der Waals surface area contributed by atoms with Crippen LogP contribution in [0.2, 0.25) is 0 Å². The summed E-state index contributed by atoms with van der Waals surface area (Å²) in [6.07, 6.45) is 0.720. The molecule has 0 aliphatic heterocycles. The van der Waals surface area contributed by atoms with Crippen molar-refractivity contribution in [3.8, 4) is 10.6 Å². The average molecular weight is 460 g/mol. The second-order valence-electron chi connectivity index (χ2n) is 7.76. The maximum atomic E-state index is 13.0. The van der Waals surface area contributed by atoms with E-state index in [2.05, 4.69) is 26.1 Å². The standard InChI is InChI=1S/C25H25N5O2S/c1-3-16(2)21(22(31)28-25-30-29-23(33-25)18-11-5-4-6-12-18)27-24(32)26-20-15-9-13-17-10-7-8-14-19(17)20/h4-16,21H,3H2,1-2H3,(H2,26,27,32)(H,28,30,31). The fraction of sp³-hybridized carbons (Fsp3) is 0.200. The normalized spacial score (nSPS) is 12.7. The Labute approximate surface area is 196 Å². The molecule has 0 spiro atoms. The molecule has 0 saturated carbocycles. The SMILES string of the molecule is CCC(C)C(NC(=O)Nc1cccc2ccccc12)C(=O)Nc1nnc(-c2ccccc2)s1. The molecule has 3 aromatic carbocycles. The van der Waals surface area contributed by atoms with Crippen molar-refractivity contribution in [3.63, 3.8) is 0 Å². The third-order valence-electron chi connectivity index (χ3n) is 5.50. The summed E-state index contributed by atoms with van der Waals surface area (Å²) >= 11 is 1.29. The number of hydrogen-bond acceptors (Lipinski definition) is 5. The minimum Gasteiger partial charge on any atom is -0.326 e. The van der Waals surface area contributed by atoms with Gasteiger partial charge in [-0.15, -0.1) is 10.2 Å². The highest BCUT2D eigenvalue weighted by atomic mass is 32.1. The summed E-state index contributed by atoms with van der Waals surface area (Å²) in [4.78, 5) is 25.8. The van der Waals surface area contributed by atoms with E-state index in [0.717, 1.165) is 22.8 Å². The van der Waals surface area contributed by atoms with Gasteiger partial charge in [0.25, 0.3) is 0 Å². The molecule has 33 heavy (non-hydrogen) atoms. The van der Waals surface area contributed by atoms with Crippen LogP contribution >= 0.6 is 11.3 Å². The van der Waals surface area contributed by atoms with Crippen LogP contribution in [0.5, 0.6) is 0 Å². The van der Waals surface area contributed by atoms with Gasteiger partial charge >= 0.3 is 6.03 Å². The third-order valence-corrected chi connectivity index (χ3v) is 6.38. The number of urea groups is 1. The van der Waals surface area contributed by atoms with Crippen LogP contribution in [-0.4, -0.2) is 28.2 Å². The fourth-order valence-corrected chi connectivity index (χ4v) is 4.24. The number of amides is 3. The highest BCUT2D eigenvalue weighted by Gasteiger charge is 2.27. The molecular formula is C25H25N5O2S. The van der Waals surface area contributed by atoms with Crippen LogP contribution in [0.4, 0.5) is 15.6 Å². The van der Waals surface area contributed by atoms with E-state index in [9.17, 15) is 9.59 Å². The Morgan fingerprint density at radius 2 is 1.64 bits per heavy atom. The Hall–Kier alpha value is -3.78. The van der Waals surface area contributed by atoms with E-state index < -0.39 is 12.1 Å². The van der Waals surface area contributed by atoms with E-state index in [1.165, 1.54) is 11.3 Å². The lowest BCUT2D eigenvalue weighted by atomic mass is 9.98. The summed E-state index contributed by atoms with van der Waals surface area (Å²) in [6, 6.07) is 22.0. The van der Waals surface area contributed by atoms with Crippen LogP contribution in [0.25, 0.3) is 21.3 Å². The van der Waals surface area contributed by atoms with E-state index in [-0.39, 0.29) is 11.8 Å². The molecule has 8 heteroatoms. The van der Waals surface area contributed by atoms with E-state index in [0.29, 0.717) is 15.8 Å². The van der Waals surface area contributed by atoms with Gasteiger partial charge in [-0.3, -0.25) is 10.1 Å². The number of anilines is 2. The molecule has 0 radical (unpaired) electrons. The summed E-state index contributed by atoms with van der Waals surface area (Å²) in [5, 5.41) is 19.8. The van der Waals surface area contributed by atoms with E-state index in [1.54, 1.807) is 0 Å². The van der Waals surface area contributed by atoms with E-state index >= 15 is 0 Å². The molecular weight excluding hydrogens is 434 g/mol. The molecule has 3 amide bonds. The minimum absolute atomic E-state index is 0.0789. The summed E-state index contributed by atoms with van der Waals surface area (Å²) in [7, 11) is 0. The van der Waals surface area contributed by atoms with Gasteiger partial charge in [0, 0.05) is 10.9 Å². The molecule has 4 aromatic rings. The second-order valence-corrected chi connectivity index (χ2v) is 8.73. The maximum absolute atomic E-state index is 13.0. The van der Waals surface area contributed by atoms with Gasteiger partial charge in [0.2, 0.25) is 11.0 Å². The lowest BCUT2D eigenvalue weighted by molar-refractivity contribution is -0.119. The van der Waals surface area contributed by atoms with Crippen molar-refractivity contribution < 1.29 is 9.59 Å². The van der Waals surface area contributed by atoms with Gasteiger partial charge in [0.05, 0.1) is 5.69 Å². The van der Waals surface area contributed by atoms with Gasteiger partial charge in [0.15, 0.2) is 0 Å². The fourth-order valence-electron chi connectivity index (χ4n) is 3.49. The van der Waals surface area contributed by atoms with Gasteiger partial charge < -0.3 is 10.6 Å². The smallest absolute Gasteiger partial charge is 0.319 e. The zero-order valence-corrected chi connectivity index (χ0v) is 19.2. The summed E-state index contributed by atoms with van der Waals surface area (Å²) < 4.78 is 0. The number of fused-ring (bicyclic) bond motifs is 1. The molecule has 0 fully saturated rings. The summed E-state index contributed by atoms with van der Waals surface area (Å²) in [6.45, 7) is 3.91. The van der Waals surface area contributed by atoms with Crippen molar-refractivity contribution in [2.45, 2.75) is 26.3 Å². The number of nitrogens with zero attached hydrogens (tertiary/aromatic N) is 2.